The van der Waals surface area contributed by atoms with E-state index in [4.69, 9.17) is 9.16 Å². The fourth-order valence-electron chi connectivity index (χ4n) is 4.93. The van der Waals surface area contributed by atoms with Crippen molar-refractivity contribution in [1.29, 1.82) is 0 Å². The normalized spacial score (nSPS) is 35.2. The molecule has 0 heterocycles. The monoisotopic (exact) mass is 326 g/mol. The lowest BCUT2D eigenvalue weighted by molar-refractivity contribution is -0.155. The lowest BCUT2D eigenvalue weighted by atomic mass is 9.67. The molecule has 0 aliphatic heterocycles. The van der Waals surface area contributed by atoms with Crippen molar-refractivity contribution in [2.45, 2.75) is 97.1 Å². The number of hydrogen-bond donors (Lipinski definition) is 0. The fourth-order valence-corrected chi connectivity index (χ4v) is 7.85. The minimum Gasteiger partial charge on any atom is -0.462 e. The molecule has 1 unspecified atom stereocenters. The van der Waals surface area contributed by atoms with Crippen LogP contribution < -0.4 is 0 Å². The molecule has 0 radical (unpaired) electrons. The van der Waals surface area contributed by atoms with Crippen molar-refractivity contribution in [3.05, 3.63) is 0 Å². The van der Waals surface area contributed by atoms with Gasteiger partial charge in [0.1, 0.15) is 6.10 Å². The molecule has 2 rings (SSSR count). The molecule has 4 atom stereocenters. The standard InChI is InChI=1S/C18H34O3Si/c1-6-22(7-2,8-3)21-16-10-9-13-18(5)15(16)11-12-17(18)20-14(4)19/h15-17H,6-13H2,1-5H3/t15-,16?,17-,18-/m0/s1. The van der Waals surface area contributed by atoms with Gasteiger partial charge in [-0.05, 0) is 49.7 Å². The third-order valence-corrected chi connectivity index (χ3v) is 11.3. The lowest BCUT2D eigenvalue weighted by Crippen LogP contribution is -2.49. The summed E-state index contributed by atoms with van der Waals surface area (Å²) in [7, 11) is -1.56. The molecule has 0 spiro atoms. The van der Waals surface area contributed by atoms with Crippen molar-refractivity contribution in [3.63, 3.8) is 0 Å². The summed E-state index contributed by atoms with van der Waals surface area (Å²) in [4.78, 5) is 11.4. The minimum absolute atomic E-state index is 0.0994. The van der Waals surface area contributed by atoms with Crippen molar-refractivity contribution >= 4 is 14.3 Å². The first-order chi connectivity index (χ1) is 10.4. The van der Waals surface area contributed by atoms with Crippen LogP contribution in [0.1, 0.15) is 66.7 Å². The van der Waals surface area contributed by atoms with Gasteiger partial charge in [-0.2, -0.15) is 0 Å². The Bertz CT molecular complexity index is 386. The van der Waals surface area contributed by atoms with Gasteiger partial charge in [0.25, 0.3) is 0 Å². The Labute approximate surface area is 137 Å². The smallest absolute Gasteiger partial charge is 0.302 e. The zero-order chi connectivity index (χ0) is 16.4. The van der Waals surface area contributed by atoms with E-state index in [-0.39, 0.29) is 17.5 Å². The zero-order valence-corrected chi connectivity index (χ0v) is 16.1. The largest absolute Gasteiger partial charge is 0.462 e. The van der Waals surface area contributed by atoms with Gasteiger partial charge in [-0.1, -0.05) is 34.1 Å². The molecule has 2 aliphatic carbocycles. The van der Waals surface area contributed by atoms with Gasteiger partial charge in [0.2, 0.25) is 0 Å². The van der Waals surface area contributed by atoms with E-state index in [1.807, 2.05) is 0 Å². The van der Waals surface area contributed by atoms with E-state index in [9.17, 15) is 4.79 Å². The van der Waals surface area contributed by atoms with Gasteiger partial charge in [-0.25, -0.2) is 0 Å². The summed E-state index contributed by atoms with van der Waals surface area (Å²) in [6.45, 7) is 10.8. The summed E-state index contributed by atoms with van der Waals surface area (Å²) in [6, 6.07) is 3.65. The van der Waals surface area contributed by atoms with Crippen LogP contribution in [-0.2, 0) is 14.0 Å². The number of carbonyl (C=O) groups excluding carboxylic acids is 1. The van der Waals surface area contributed by atoms with Gasteiger partial charge >= 0.3 is 5.97 Å². The van der Waals surface area contributed by atoms with Crippen LogP contribution in [0.5, 0.6) is 0 Å². The van der Waals surface area contributed by atoms with Crippen molar-refractivity contribution in [2.75, 3.05) is 0 Å². The second kappa shape index (κ2) is 7.04. The predicted molar refractivity (Wildman–Crippen MR) is 92.3 cm³/mol. The van der Waals surface area contributed by atoms with Crippen molar-refractivity contribution in [3.8, 4) is 0 Å². The van der Waals surface area contributed by atoms with E-state index in [1.165, 1.54) is 44.3 Å². The molecule has 3 nitrogen and oxygen atoms in total. The summed E-state index contributed by atoms with van der Waals surface area (Å²) < 4.78 is 12.5. The Balaban J connectivity index is 2.14. The van der Waals surface area contributed by atoms with Crippen molar-refractivity contribution < 1.29 is 14.0 Å². The highest BCUT2D eigenvalue weighted by Crippen LogP contribution is 2.54. The molecule has 0 amide bonds. The predicted octanol–water partition coefficient (Wildman–Crippen LogP) is 4.91. The van der Waals surface area contributed by atoms with Crippen LogP contribution in [0.4, 0.5) is 0 Å². The Morgan fingerprint density at radius 2 is 1.77 bits per heavy atom. The Kier molecular flexibility index (Phi) is 5.76. The second-order valence-electron chi connectivity index (χ2n) is 7.58. The number of esters is 1. The van der Waals surface area contributed by atoms with Gasteiger partial charge in [0.05, 0.1) is 0 Å². The summed E-state index contributed by atoms with van der Waals surface area (Å²) in [6.07, 6.45) is 6.24. The van der Waals surface area contributed by atoms with Crippen molar-refractivity contribution in [2.24, 2.45) is 11.3 Å². The first-order valence-corrected chi connectivity index (χ1v) is 11.8. The topological polar surface area (TPSA) is 35.5 Å². The van der Waals surface area contributed by atoms with E-state index in [0.29, 0.717) is 12.0 Å². The summed E-state index contributed by atoms with van der Waals surface area (Å²) in [5, 5.41) is 0. The quantitative estimate of drug-likeness (QED) is 0.514. The van der Waals surface area contributed by atoms with Crippen LogP contribution in [0.25, 0.3) is 0 Å². The van der Waals surface area contributed by atoms with Crippen LogP contribution in [-0.4, -0.2) is 26.5 Å². The average Bonchev–Trinajstić information content (AvgIpc) is 2.82. The molecule has 22 heavy (non-hydrogen) atoms. The number of hydrogen-bond acceptors (Lipinski definition) is 3. The van der Waals surface area contributed by atoms with Gasteiger partial charge in [-0.15, -0.1) is 0 Å². The maximum Gasteiger partial charge on any atom is 0.302 e. The number of rotatable bonds is 6. The molecule has 0 bridgehead atoms. The number of carbonyl (C=O) groups is 1. The molecule has 0 aromatic carbocycles. The highest BCUT2D eigenvalue weighted by Gasteiger charge is 2.54. The van der Waals surface area contributed by atoms with Gasteiger partial charge in [0, 0.05) is 18.4 Å². The van der Waals surface area contributed by atoms with Gasteiger partial charge in [-0.3, -0.25) is 4.79 Å². The molecule has 2 saturated carbocycles. The Hall–Kier alpha value is -0.353. The number of fused-ring (bicyclic) bond motifs is 1. The van der Waals surface area contributed by atoms with Crippen LogP contribution in [0.3, 0.4) is 0 Å². The highest BCUT2D eigenvalue weighted by molar-refractivity contribution is 6.73. The lowest BCUT2D eigenvalue weighted by Gasteiger charge is -2.47. The SMILES string of the molecule is CC[Si](CC)(CC)OC1CCC[C@]2(C)[C@@H](OC(C)=O)CC[C@@H]12. The van der Waals surface area contributed by atoms with Crippen LogP contribution in [0, 0.1) is 11.3 Å². The van der Waals surface area contributed by atoms with E-state index >= 15 is 0 Å². The first kappa shape index (κ1) is 18.0. The molecule has 2 fully saturated rings. The maximum absolute atomic E-state index is 11.4. The molecule has 128 valence electrons. The maximum atomic E-state index is 11.4. The molecule has 4 heteroatoms. The molecule has 0 N–H and O–H groups in total. The van der Waals surface area contributed by atoms with E-state index < -0.39 is 8.32 Å². The third-order valence-electron chi connectivity index (χ3n) is 6.62. The Morgan fingerprint density at radius 3 is 2.32 bits per heavy atom. The number of ether oxygens (including phenoxy) is 1. The van der Waals surface area contributed by atoms with Crippen LogP contribution in [0.15, 0.2) is 0 Å². The summed E-state index contributed by atoms with van der Waals surface area (Å²) in [5.41, 5.74) is 0.129. The van der Waals surface area contributed by atoms with Gasteiger partial charge < -0.3 is 9.16 Å². The van der Waals surface area contributed by atoms with E-state index in [1.54, 1.807) is 0 Å². The third kappa shape index (κ3) is 3.28. The molecule has 2 aliphatic rings. The molecule has 0 aromatic rings. The Morgan fingerprint density at radius 1 is 1.14 bits per heavy atom. The zero-order valence-electron chi connectivity index (χ0n) is 15.1. The summed E-state index contributed by atoms with van der Waals surface area (Å²) in [5.74, 6) is 0.441. The average molecular weight is 327 g/mol. The molecule has 0 aromatic heterocycles. The molecule has 0 saturated heterocycles. The van der Waals surface area contributed by atoms with Gasteiger partial charge in [0.15, 0.2) is 8.32 Å². The molecular formula is C18H34O3Si. The second-order valence-corrected chi connectivity index (χ2v) is 12.3. The van der Waals surface area contributed by atoms with Crippen LogP contribution >= 0.6 is 0 Å². The van der Waals surface area contributed by atoms with Crippen LogP contribution in [0.2, 0.25) is 18.1 Å². The fraction of sp³-hybridized carbons (Fsp3) is 0.944. The van der Waals surface area contributed by atoms with E-state index in [0.717, 1.165) is 12.8 Å². The first-order valence-electron chi connectivity index (χ1n) is 9.25. The summed E-state index contributed by atoms with van der Waals surface area (Å²) >= 11 is 0. The van der Waals surface area contributed by atoms with Crippen molar-refractivity contribution in [1.82, 2.24) is 0 Å². The van der Waals surface area contributed by atoms with E-state index in [2.05, 4.69) is 27.7 Å². The highest BCUT2D eigenvalue weighted by atomic mass is 28.4. The molecular weight excluding hydrogens is 292 g/mol. The minimum atomic E-state index is -1.56.